The van der Waals surface area contributed by atoms with Crippen LogP contribution in [-0.2, 0) is 9.47 Å². The number of hydrogen-bond acceptors (Lipinski definition) is 4. The van der Waals surface area contributed by atoms with Crippen LogP contribution in [0.25, 0.3) is 0 Å². The van der Waals surface area contributed by atoms with Gasteiger partial charge in [-0.15, -0.1) is 24.0 Å². The van der Waals surface area contributed by atoms with E-state index in [-0.39, 0.29) is 24.0 Å². The van der Waals surface area contributed by atoms with Gasteiger partial charge in [0.1, 0.15) is 12.4 Å². The molecule has 2 N–H and O–H groups in total. The number of nitrogens with zero attached hydrogens (tertiary/aromatic N) is 1. The van der Waals surface area contributed by atoms with E-state index in [2.05, 4.69) is 54.6 Å². The van der Waals surface area contributed by atoms with Crippen molar-refractivity contribution in [1.29, 1.82) is 0 Å². The quantitative estimate of drug-likeness (QED) is 0.209. The normalized spacial score (nSPS) is 16.5. The first kappa shape index (κ1) is 25.0. The Morgan fingerprint density at radius 1 is 1.18 bits per heavy atom. The van der Waals surface area contributed by atoms with Crippen molar-refractivity contribution in [3.05, 3.63) is 29.3 Å². The third kappa shape index (κ3) is 10.5. The Bertz CT molecular complexity index is 558. The van der Waals surface area contributed by atoms with E-state index < -0.39 is 0 Å². The maximum atomic E-state index is 5.83. The van der Waals surface area contributed by atoms with Gasteiger partial charge in [0.2, 0.25) is 0 Å². The van der Waals surface area contributed by atoms with E-state index in [4.69, 9.17) is 14.2 Å². The lowest BCUT2D eigenvalue weighted by atomic mass is 10.1. The molecule has 28 heavy (non-hydrogen) atoms. The van der Waals surface area contributed by atoms with Crippen molar-refractivity contribution in [2.24, 2.45) is 10.9 Å². The maximum absolute atomic E-state index is 5.83. The standard InChI is InChI=1S/C21H35N3O3.HI/c1-4-22-21(23-7-5-9-25-15-19-6-10-26-16-19)24-8-11-27-20-13-17(2)12-18(3)14-20;/h12-14,19H,4-11,15-16H2,1-3H3,(H2,22,23,24);1H. The Kier molecular flexibility index (Phi) is 13.3. The zero-order valence-electron chi connectivity index (χ0n) is 17.5. The number of guanidine groups is 1. The van der Waals surface area contributed by atoms with Crippen molar-refractivity contribution in [3.8, 4) is 5.75 Å². The lowest BCUT2D eigenvalue weighted by Crippen LogP contribution is -2.39. The van der Waals surface area contributed by atoms with E-state index in [1.54, 1.807) is 0 Å². The molecule has 1 heterocycles. The molecule has 1 fully saturated rings. The van der Waals surface area contributed by atoms with Gasteiger partial charge in [0.05, 0.1) is 19.8 Å². The summed E-state index contributed by atoms with van der Waals surface area (Å²) in [7, 11) is 0. The summed E-state index contributed by atoms with van der Waals surface area (Å²) >= 11 is 0. The zero-order chi connectivity index (χ0) is 19.3. The fourth-order valence-corrected chi connectivity index (χ4v) is 3.02. The van der Waals surface area contributed by atoms with Crippen LogP contribution in [-0.4, -0.2) is 58.6 Å². The van der Waals surface area contributed by atoms with Gasteiger partial charge in [-0.3, -0.25) is 4.99 Å². The fourth-order valence-electron chi connectivity index (χ4n) is 3.02. The first-order valence-electron chi connectivity index (χ1n) is 10.1. The summed E-state index contributed by atoms with van der Waals surface area (Å²) in [6.45, 7) is 12.4. The van der Waals surface area contributed by atoms with Crippen LogP contribution in [0.2, 0.25) is 0 Å². The Morgan fingerprint density at radius 3 is 2.64 bits per heavy atom. The highest BCUT2D eigenvalue weighted by Crippen LogP contribution is 2.15. The highest BCUT2D eigenvalue weighted by atomic mass is 127. The number of rotatable bonds is 11. The molecular weight excluding hydrogens is 469 g/mol. The highest BCUT2D eigenvalue weighted by Gasteiger charge is 2.15. The van der Waals surface area contributed by atoms with Gasteiger partial charge in [0, 0.05) is 32.2 Å². The van der Waals surface area contributed by atoms with Gasteiger partial charge >= 0.3 is 0 Å². The maximum Gasteiger partial charge on any atom is 0.191 e. The largest absolute Gasteiger partial charge is 0.492 e. The molecule has 0 radical (unpaired) electrons. The average molecular weight is 505 g/mol. The van der Waals surface area contributed by atoms with Crippen molar-refractivity contribution in [2.45, 2.75) is 33.6 Å². The van der Waals surface area contributed by atoms with Gasteiger partial charge in [0.25, 0.3) is 0 Å². The third-order valence-corrected chi connectivity index (χ3v) is 4.30. The predicted octanol–water partition coefficient (Wildman–Crippen LogP) is 3.30. The summed E-state index contributed by atoms with van der Waals surface area (Å²) in [6.07, 6.45) is 2.04. The summed E-state index contributed by atoms with van der Waals surface area (Å²) in [4.78, 5) is 4.59. The van der Waals surface area contributed by atoms with Crippen molar-refractivity contribution < 1.29 is 14.2 Å². The highest BCUT2D eigenvalue weighted by molar-refractivity contribution is 14.0. The predicted molar refractivity (Wildman–Crippen MR) is 125 cm³/mol. The lowest BCUT2D eigenvalue weighted by Gasteiger charge is -2.13. The number of aryl methyl sites for hydroxylation is 2. The second kappa shape index (κ2) is 14.9. The van der Waals surface area contributed by atoms with Crippen molar-refractivity contribution in [2.75, 3.05) is 52.7 Å². The number of hydrogen-bond donors (Lipinski definition) is 2. The van der Waals surface area contributed by atoms with Crippen molar-refractivity contribution in [3.63, 3.8) is 0 Å². The van der Waals surface area contributed by atoms with E-state index in [0.29, 0.717) is 19.1 Å². The molecule has 160 valence electrons. The number of ether oxygens (including phenoxy) is 3. The molecule has 1 aliphatic heterocycles. The topological polar surface area (TPSA) is 64.1 Å². The molecule has 1 atom stereocenters. The van der Waals surface area contributed by atoms with E-state index in [0.717, 1.165) is 64.1 Å². The van der Waals surface area contributed by atoms with E-state index in [1.165, 1.54) is 11.1 Å². The molecule has 1 aromatic rings. The Morgan fingerprint density at radius 2 is 1.96 bits per heavy atom. The first-order chi connectivity index (χ1) is 13.2. The van der Waals surface area contributed by atoms with Crippen LogP contribution in [0.5, 0.6) is 5.75 Å². The Hall–Kier alpha value is -1.06. The van der Waals surface area contributed by atoms with Crippen LogP contribution in [0, 0.1) is 19.8 Å². The molecular formula is C21H36IN3O3. The van der Waals surface area contributed by atoms with Crippen LogP contribution in [0.15, 0.2) is 23.2 Å². The molecule has 0 aromatic heterocycles. The monoisotopic (exact) mass is 505 g/mol. The molecule has 0 bridgehead atoms. The Labute approximate surface area is 186 Å². The average Bonchev–Trinajstić information content (AvgIpc) is 3.14. The molecule has 0 saturated carbocycles. The molecule has 0 amide bonds. The number of benzene rings is 1. The van der Waals surface area contributed by atoms with Gasteiger partial charge < -0.3 is 24.8 Å². The fraction of sp³-hybridized carbons (Fsp3) is 0.667. The van der Waals surface area contributed by atoms with Gasteiger partial charge in [-0.1, -0.05) is 6.07 Å². The minimum absolute atomic E-state index is 0. The molecule has 1 unspecified atom stereocenters. The van der Waals surface area contributed by atoms with Crippen LogP contribution >= 0.6 is 24.0 Å². The summed E-state index contributed by atoms with van der Waals surface area (Å²) in [6, 6.07) is 6.26. The molecule has 1 aromatic carbocycles. The second-order valence-electron chi connectivity index (χ2n) is 7.02. The van der Waals surface area contributed by atoms with Gasteiger partial charge in [-0.25, -0.2) is 0 Å². The first-order valence-corrected chi connectivity index (χ1v) is 10.1. The molecule has 1 saturated heterocycles. The Balaban J connectivity index is 0.00000392. The second-order valence-corrected chi connectivity index (χ2v) is 7.02. The molecule has 0 spiro atoms. The van der Waals surface area contributed by atoms with E-state index in [1.807, 2.05) is 0 Å². The van der Waals surface area contributed by atoms with E-state index >= 15 is 0 Å². The summed E-state index contributed by atoms with van der Waals surface area (Å²) in [5.74, 6) is 2.32. The van der Waals surface area contributed by atoms with Gasteiger partial charge in [0.15, 0.2) is 5.96 Å². The molecule has 7 heteroatoms. The van der Waals surface area contributed by atoms with Gasteiger partial charge in [-0.2, -0.15) is 0 Å². The van der Waals surface area contributed by atoms with E-state index in [9.17, 15) is 0 Å². The molecule has 6 nitrogen and oxygen atoms in total. The number of halogens is 1. The summed E-state index contributed by atoms with van der Waals surface area (Å²) in [5.41, 5.74) is 2.44. The van der Waals surface area contributed by atoms with Gasteiger partial charge in [-0.05, 0) is 56.9 Å². The van der Waals surface area contributed by atoms with Crippen LogP contribution in [0.4, 0.5) is 0 Å². The summed E-state index contributed by atoms with van der Waals surface area (Å²) in [5, 5.41) is 6.57. The van der Waals surface area contributed by atoms with Crippen molar-refractivity contribution in [1.82, 2.24) is 10.6 Å². The van der Waals surface area contributed by atoms with Crippen LogP contribution in [0.1, 0.15) is 30.9 Å². The SMILES string of the molecule is CCNC(=NCCCOCC1CCOC1)NCCOc1cc(C)cc(C)c1.I. The minimum Gasteiger partial charge on any atom is -0.492 e. The molecule has 0 aliphatic carbocycles. The zero-order valence-corrected chi connectivity index (χ0v) is 19.8. The van der Waals surface area contributed by atoms with Crippen LogP contribution in [0.3, 0.4) is 0 Å². The smallest absolute Gasteiger partial charge is 0.191 e. The van der Waals surface area contributed by atoms with Crippen LogP contribution < -0.4 is 15.4 Å². The lowest BCUT2D eigenvalue weighted by molar-refractivity contribution is 0.0893. The minimum atomic E-state index is 0. The number of aliphatic imine (C=N–C) groups is 1. The summed E-state index contributed by atoms with van der Waals surface area (Å²) < 4.78 is 16.9. The van der Waals surface area contributed by atoms with Crippen molar-refractivity contribution >= 4 is 29.9 Å². The number of nitrogens with one attached hydrogen (secondary N) is 2. The third-order valence-electron chi connectivity index (χ3n) is 4.30. The molecule has 1 aliphatic rings. The molecule has 2 rings (SSSR count).